The summed E-state index contributed by atoms with van der Waals surface area (Å²) < 4.78 is 12.0. The molecule has 2 aromatic rings. The van der Waals surface area contributed by atoms with Gasteiger partial charge in [-0.05, 0) is 29.8 Å². The Hall–Kier alpha value is -1.89. The average molecular weight is 419 g/mol. The molecule has 3 rings (SSSR count). The summed E-state index contributed by atoms with van der Waals surface area (Å²) in [5.41, 5.74) is 1.20. The van der Waals surface area contributed by atoms with Crippen molar-refractivity contribution in [3.63, 3.8) is 0 Å². The van der Waals surface area contributed by atoms with E-state index < -0.39 is 0 Å². The first-order valence-corrected chi connectivity index (χ1v) is 9.53. The quantitative estimate of drug-likeness (QED) is 0.750. The predicted octanol–water partition coefficient (Wildman–Crippen LogP) is 3.02. The first-order valence-electron chi connectivity index (χ1n) is 8.74. The molecule has 0 aromatic heterocycles. The normalized spacial score (nSPS) is 16.0. The van der Waals surface area contributed by atoms with Gasteiger partial charge in [-0.2, -0.15) is 0 Å². The molecule has 0 spiro atoms. The summed E-state index contributed by atoms with van der Waals surface area (Å²) in [6, 6.07) is 17.8. The van der Waals surface area contributed by atoms with Crippen LogP contribution < -0.4 is 10.1 Å². The third-order valence-electron chi connectivity index (χ3n) is 4.35. The zero-order valence-corrected chi connectivity index (χ0v) is 16.2. The van der Waals surface area contributed by atoms with Crippen LogP contribution in [0.3, 0.4) is 0 Å². The second-order valence-electron chi connectivity index (χ2n) is 6.12. The van der Waals surface area contributed by atoms with Gasteiger partial charge in [-0.15, -0.1) is 0 Å². The van der Waals surface area contributed by atoms with E-state index in [1.54, 1.807) is 0 Å². The number of hydrogen-bond donors (Lipinski definition) is 1. The standard InChI is InChI=1S/C20H23BrN2O3/c21-17-6-8-18(9-7-17)26-15-20(24)22-14-19(16-4-2-1-3-5-16)23-10-12-25-13-11-23/h1-9,19H,10-15H2,(H,22,24). The van der Waals surface area contributed by atoms with Crippen LogP contribution in [0.1, 0.15) is 11.6 Å². The van der Waals surface area contributed by atoms with Crippen molar-refractivity contribution < 1.29 is 14.3 Å². The zero-order valence-electron chi connectivity index (χ0n) is 14.6. The van der Waals surface area contributed by atoms with E-state index in [1.807, 2.05) is 42.5 Å². The Kier molecular flexibility index (Phi) is 7.05. The number of nitrogens with zero attached hydrogens (tertiary/aromatic N) is 1. The molecule has 1 aliphatic heterocycles. The molecule has 0 radical (unpaired) electrons. The van der Waals surface area contributed by atoms with Crippen LogP contribution in [0.15, 0.2) is 59.1 Å². The van der Waals surface area contributed by atoms with Crippen LogP contribution in [0.5, 0.6) is 5.75 Å². The molecule has 1 N–H and O–H groups in total. The molecule has 6 heteroatoms. The average Bonchev–Trinajstić information content (AvgIpc) is 2.69. The molecule has 0 saturated carbocycles. The lowest BCUT2D eigenvalue weighted by Crippen LogP contribution is -2.44. The highest BCUT2D eigenvalue weighted by atomic mass is 79.9. The van der Waals surface area contributed by atoms with E-state index in [0.717, 1.165) is 30.8 Å². The van der Waals surface area contributed by atoms with E-state index in [4.69, 9.17) is 9.47 Å². The number of hydrogen-bond acceptors (Lipinski definition) is 4. The minimum absolute atomic E-state index is 0.00620. The summed E-state index contributed by atoms with van der Waals surface area (Å²) in [6.07, 6.45) is 0. The number of carbonyl (C=O) groups is 1. The van der Waals surface area contributed by atoms with Crippen LogP contribution >= 0.6 is 15.9 Å². The third kappa shape index (κ3) is 5.56. The van der Waals surface area contributed by atoms with Gasteiger partial charge in [0.15, 0.2) is 6.61 Å². The first kappa shape index (κ1) is 18.9. The smallest absolute Gasteiger partial charge is 0.258 e. The number of rotatable bonds is 7. The highest BCUT2D eigenvalue weighted by Crippen LogP contribution is 2.21. The summed E-state index contributed by atoms with van der Waals surface area (Å²) in [5, 5.41) is 3.00. The van der Waals surface area contributed by atoms with E-state index in [0.29, 0.717) is 12.3 Å². The molecule has 1 fully saturated rings. The van der Waals surface area contributed by atoms with Crippen molar-refractivity contribution in [3.05, 3.63) is 64.6 Å². The van der Waals surface area contributed by atoms with Crippen molar-refractivity contribution in [2.45, 2.75) is 6.04 Å². The van der Waals surface area contributed by atoms with Gasteiger partial charge in [-0.25, -0.2) is 0 Å². The number of ether oxygens (including phenoxy) is 2. The Morgan fingerprint density at radius 3 is 2.50 bits per heavy atom. The molecule has 2 aromatic carbocycles. The summed E-state index contributed by atoms with van der Waals surface area (Å²) in [6.45, 7) is 3.74. The molecule has 0 aliphatic carbocycles. The van der Waals surface area contributed by atoms with Crippen molar-refractivity contribution in [1.82, 2.24) is 10.2 Å². The van der Waals surface area contributed by atoms with E-state index in [1.165, 1.54) is 5.56 Å². The topological polar surface area (TPSA) is 50.8 Å². The second kappa shape index (κ2) is 9.71. The SMILES string of the molecule is O=C(COc1ccc(Br)cc1)NCC(c1ccccc1)N1CCOCC1. The molecule has 1 saturated heterocycles. The highest BCUT2D eigenvalue weighted by molar-refractivity contribution is 9.10. The number of nitrogens with one attached hydrogen (secondary N) is 1. The number of amides is 1. The Labute approximate surface area is 162 Å². The number of morpholine rings is 1. The molecule has 1 heterocycles. The van der Waals surface area contributed by atoms with Gasteiger partial charge in [0.1, 0.15) is 5.75 Å². The zero-order chi connectivity index (χ0) is 18.2. The van der Waals surface area contributed by atoms with Gasteiger partial charge in [0.05, 0.1) is 19.3 Å². The Bertz CT molecular complexity index is 688. The van der Waals surface area contributed by atoms with Gasteiger partial charge in [0.2, 0.25) is 0 Å². The minimum atomic E-state index is -0.123. The van der Waals surface area contributed by atoms with Crippen molar-refractivity contribution in [2.24, 2.45) is 0 Å². The van der Waals surface area contributed by atoms with Crippen LogP contribution in [0.4, 0.5) is 0 Å². The van der Waals surface area contributed by atoms with E-state index in [9.17, 15) is 4.79 Å². The van der Waals surface area contributed by atoms with Gasteiger partial charge in [-0.3, -0.25) is 9.69 Å². The maximum Gasteiger partial charge on any atom is 0.258 e. The van der Waals surface area contributed by atoms with Crippen molar-refractivity contribution in [2.75, 3.05) is 39.5 Å². The van der Waals surface area contributed by atoms with Crippen LogP contribution in [-0.2, 0) is 9.53 Å². The fraction of sp³-hybridized carbons (Fsp3) is 0.350. The van der Waals surface area contributed by atoms with Crippen LogP contribution in [0.25, 0.3) is 0 Å². The van der Waals surface area contributed by atoms with Gasteiger partial charge in [0, 0.05) is 24.1 Å². The lowest BCUT2D eigenvalue weighted by Gasteiger charge is -2.34. The molecule has 5 nitrogen and oxygen atoms in total. The first-order chi connectivity index (χ1) is 12.7. The summed E-state index contributed by atoms with van der Waals surface area (Å²) in [7, 11) is 0. The van der Waals surface area contributed by atoms with Gasteiger partial charge >= 0.3 is 0 Å². The molecule has 1 unspecified atom stereocenters. The van der Waals surface area contributed by atoms with Gasteiger partial charge < -0.3 is 14.8 Å². The lowest BCUT2D eigenvalue weighted by atomic mass is 10.0. The Balaban J connectivity index is 1.54. The fourth-order valence-electron chi connectivity index (χ4n) is 2.96. The monoisotopic (exact) mass is 418 g/mol. The Morgan fingerprint density at radius 2 is 1.81 bits per heavy atom. The minimum Gasteiger partial charge on any atom is -0.484 e. The third-order valence-corrected chi connectivity index (χ3v) is 4.88. The molecular weight excluding hydrogens is 396 g/mol. The predicted molar refractivity (Wildman–Crippen MR) is 104 cm³/mol. The van der Waals surface area contributed by atoms with E-state index in [-0.39, 0.29) is 18.6 Å². The van der Waals surface area contributed by atoms with Crippen LogP contribution in [-0.4, -0.2) is 50.3 Å². The maximum atomic E-state index is 12.2. The molecule has 1 amide bonds. The van der Waals surface area contributed by atoms with E-state index in [2.05, 4.69) is 38.3 Å². The van der Waals surface area contributed by atoms with E-state index >= 15 is 0 Å². The fourth-order valence-corrected chi connectivity index (χ4v) is 3.23. The van der Waals surface area contributed by atoms with Gasteiger partial charge in [-0.1, -0.05) is 46.3 Å². The Morgan fingerprint density at radius 1 is 1.12 bits per heavy atom. The lowest BCUT2D eigenvalue weighted by molar-refractivity contribution is -0.123. The van der Waals surface area contributed by atoms with Crippen molar-refractivity contribution in [3.8, 4) is 5.75 Å². The molecule has 0 bridgehead atoms. The molecular formula is C20H23BrN2O3. The second-order valence-corrected chi connectivity index (χ2v) is 7.04. The van der Waals surface area contributed by atoms with Crippen molar-refractivity contribution in [1.29, 1.82) is 0 Å². The molecule has 1 aliphatic rings. The summed E-state index contributed by atoms with van der Waals surface area (Å²) in [5.74, 6) is 0.554. The molecule has 138 valence electrons. The van der Waals surface area contributed by atoms with Crippen LogP contribution in [0.2, 0.25) is 0 Å². The number of halogens is 1. The number of carbonyl (C=O) groups excluding carboxylic acids is 1. The number of benzene rings is 2. The van der Waals surface area contributed by atoms with Gasteiger partial charge in [0.25, 0.3) is 5.91 Å². The molecule has 26 heavy (non-hydrogen) atoms. The van der Waals surface area contributed by atoms with Crippen molar-refractivity contribution >= 4 is 21.8 Å². The molecule has 1 atom stereocenters. The highest BCUT2D eigenvalue weighted by Gasteiger charge is 2.23. The summed E-state index contributed by atoms with van der Waals surface area (Å²) >= 11 is 3.38. The summed E-state index contributed by atoms with van der Waals surface area (Å²) in [4.78, 5) is 14.6. The largest absolute Gasteiger partial charge is 0.484 e. The maximum absolute atomic E-state index is 12.2. The van der Waals surface area contributed by atoms with Crippen LogP contribution in [0, 0.1) is 0 Å².